The molecule has 1 atom stereocenters. The minimum atomic E-state index is 0.221. The predicted molar refractivity (Wildman–Crippen MR) is 107 cm³/mol. The fourth-order valence-electron chi connectivity index (χ4n) is 5.13. The molecule has 1 unspecified atom stereocenters. The molecule has 1 spiro atoms. The van der Waals surface area contributed by atoms with Gasteiger partial charge in [0.15, 0.2) is 0 Å². The smallest absolute Gasteiger partial charge is 0.0872 e. The third kappa shape index (κ3) is 1.86. The van der Waals surface area contributed by atoms with E-state index in [-0.39, 0.29) is 5.54 Å². The summed E-state index contributed by atoms with van der Waals surface area (Å²) in [6, 6.07) is 11.8. The first kappa shape index (κ1) is 15.0. The Morgan fingerprint density at radius 3 is 2.67 bits per heavy atom. The van der Waals surface area contributed by atoms with Crippen LogP contribution in [-0.2, 0) is 5.54 Å². The minimum Gasteiger partial charge on any atom is -0.354 e. The molecule has 1 aliphatic carbocycles. The van der Waals surface area contributed by atoms with Crippen LogP contribution in [0.25, 0.3) is 9.40 Å². The van der Waals surface area contributed by atoms with Crippen molar-refractivity contribution in [2.45, 2.75) is 57.5 Å². The summed E-state index contributed by atoms with van der Waals surface area (Å²) in [7, 11) is 0. The van der Waals surface area contributed by atoms with Crippen molar-refractivity contribution in [2.24, 2.45) is 0 Å². The van der Waals surface area contributed by atoms with Crippen LogP contribution in [0.5, 0.6) is 0 Å². The Bertz CT molecular complexity index is 898. The fourth-order valence-corrected chi connectivity index (χ4v) is 7.54. The number of para-hydroxylation sites is 1. The second kappa shape index (κ2) is 5.34. The number of hydrogen-bond acceptors (Lipinski definition) is 3. The third-order valence-electron chi connectivity index (χ3n) is 6.10. The zero-order valence-corrected chi connectivity index (χ0v) is 16.0. The molecule has 0 saturated heterocycles. The van der Waals surface area contributed by atoms with Crippen molar-refractivity contribution in [3.05, 3.63) is 51.7 Å². The second-order valence-corrected chi connectivity index (χ2v) is 9.61. The van der Waals surface area contributed by atoms with E-state index >= 15 is 0 Å². The first-order valence-corrected chi connectivity index (χ1v) is 10.8. The maximum absolute atomic E-state index is 2.79. The van der Waals surface area contributed by atoms with Crippen molar-refractivity contribution < 1.29 is 0 Å². The number of anilines is 1. The molecule has 1 fully saturated rings. The minimum absolute atomic E-state index is 0.221. The highest BCUT2D eigenvalue weighted by molar-refractivity contribution is 7.37. The molecule has 2 aromatic heterocycles. The summed E-state index contributed by atoms with van der Waals surface area (Å²) >= 11 is 3.97. The largest absolute Gasteiger partial charge is 0.354 e. The summed E-state index contributed by atoms with van der Waals surface area (Å²) in [5.41, 5.74) is 4.75. The molecule has 3 heterocycles. The van der Waals surface area contributed by atoms with Gasteiger partial charge in [0, 0.05) is 21.5 Å². The van der Waals surface area contributed by atoms with Crippen LogP contribution in [-0.4, -0.2) is 0 Å². The van der Waals surface area contributed by atoms with Crippen LogP contribution in [0.1, 0.15) is 61.1 Å². The Hall–Kier alpha value is -1.32. The van der Waals surface area contributed by atoms with Gasteiger partial charge in [-0.05, 0) is 49.8 Å². The van der Waals surface area contributed by atoms with Gasteiger partial charge in [0.1, 0.15) is 0 Å². The summed E-state index contributed by atoms with van der Waals surface area (Å²) in [6.45, 7) is 4.69. The Kier molecular flexibility index (Phi) is 3.33. The van der Waals surface area contributed by atoms with E-state index in [0.717, 1.165) is 0 Å². The van der Waals surface area contributed by atoms with Crippen molar-refractivity contribution in [2.75, 3.05) is 4.90 Å². The molecular formula is C21H23NS2. The first-order valence-electron chi connectivity index (χ1n) is 9.08. The van der Waals surface area contributed by atoms with Gasteiger partial charge in [-0.2, -0.15) is 0 Å². The van der Waals surface area contributed by atoms with Crippen LogP contribution in [0.15, 0.2) is 35.7 Å². The zero-order valence-electron chi connectivity index (χ0n) is 14.3. The monoisotopic (exact) mass is 353 g/mol. The van der Waals surface area contributed by atoms with Crippen LogP contribution in [0, 0.1) is 6.92 Å². The summed E-state index contributed by atoms with van der Waals surface area (Å²) in [4.78, 5) is 4.42. The van der Waals surface area contributed by atoms with E-state index in [1.54, 1.807) is 15.8 Å². The van der Waals surface area contributed by atoms with Crippen molar-refractivity contribution >= 4 is 37.8 Å². The molecule has 2 aliphatic rings. The molecule has 1 aromatic carbocycles. The topological polar surface area (TPSA) is 3.24 Å². The van der Waals surface area contributed by atoms with Crippen LogP contribution in [0.4, 0.5) is 5.69 Å². The molecule has 5 rings (SSSR count). The lowest BCUT2D eigenvalue weighted by Crippen LogP contribution is -2.44. The van der Waals surface area contributed by atoms with Crippen LogP contribution in [0.2, 0.25) is 0 Å². The van der Waals surface area contributed by atoms with Gasteiger partial charge in [0.25, 0.3) is 0 Å². The molecule has 1 aliphatic heterocycles. The van der Waals surface area contributed by atoms with Gasteiger partial charge in [-0.3, -0.25) is 0 Å². The van der Waals surface area contributed by atoms with Gasteiger partial charge in [0.2, 0.25) is 0 Å². The molecule has 3 heteroatoms. The number of rotatable bonds is 1. The summed E-state index contributed by atoms with van der Waals surface area (Å²) in [5, 5.41) is 3.82. The maximum Gasteiger partial charge on any atom is 0.0872 e. The second-order valence-electron chi connectivity index (χ2n) is 7.39. The SMILES string of the molecule is Cc1ccccc1N1C(C)c2sc3sccc3c2C12CCCCC2. The van der Waals surface area contributed by atoms with Crippen LogP contribution in [0.3, 0.4) is 0 Å². The lowest BCUT2D eigenvalue weighted by atomic mass is 9.76. The molecule has 1 nitrogen and oxygen atoms in total. The highest BCUT2D eigenvalue weighted by Gasteiger charge is 2.51. The number of benzene rings is 1. The number of fused-ring (bicyclic) bond motifs is 4. The number of hydrogen-bond donors (Lipinski definition) is 0. The van der Waals surface area contributed by atoms with E-state index in [1.807, 2.05) is 22.7 Å². The Morgan fingerprint density at radius 1 is 1.08 bits per heavy atom. The molecular weight excluding hydrogens is 330 g/mol. The maximum atomic E-state index is 2.79. The lowest BCUT2D eigenvalue weighted by molar-refractivity contribution is 0.285. The van der Waals surface area contributed by atoms with E-state index in [0.29, 0.717) is 6.04 Å². The van der Waals surface area contributed by atoms with Gasteiger partial charge in [-0.25, -0.2) is 0 Å². The quantitative estimate of drug-likeness (QED) is 0.454. The summed E-state index contributed by atoms with van der Waals surface area (Å²) < 4.78 is 1.53. The number of thiophene rings is 2. The van der Waals surface area contributed by atoms with E-state index in [1.165, 1.54) is 47.4 Å². The third-order valence-corrected chi connectivity index (χ3v) is 8.51. The molecule has 124 valence electrons. The Balaban J connectivity index is 1.78. The van der Waals surface area contributed by atoms with E-state index in [2.05, 4.69) is 54.5 Å². The molecule has 1 saturated carbocycles. The fraction of sp³-hybridized carbons (Fsp3) is 0.429. The normalized spacial score (nSPS) is 22.4. The van der Waals surface area contributed by atoms with Gasteiger partial charge < -0.3 is 4.90 Å². The first-order chi connectivity index (χ1) is 11.7. The molecule has 0 N–H and O–H groups in total. The number of aryl methyl sites for hydroxylation is 1. The molecule has 24 heavy (non-hydrogen) atoms. The van der Waals surface area contributed by atoms with E-state index < -0.39 is 0 Å². The predicted octanol–water partition coefficient (Wildman–Crippen LogP) is 7.01. The highest BCUT2D eigenvalue weighted by Crippen LogP contribution is 2.60. The Labute approximate surface area is 151 Å². The highest BCUT2D eigenvalue weighted by atomic mass is 32.2. The molecule has 3 aromatic rings. The summed E-state index contributed by atoms with van der Waals surface area (Å²) in [5.74, 6) is 0. The average molecular weight is 354 g/mol. The van der Waals surface area contributed by atoms with Gasteiger partial charge in [0.05, 0.1) is 15.6 Å². The zero-order chi connectivity index (χ0) is 16.3. The van der Waals surface area contributed by atoms with Gasteiger partial charge >= 0.3 is 0 Å². The average Bonchev–Trinajstić information content (AvgIpc) is 3.22. The standard InChI is InChI=1S/C21H23NS2/c1-14-8-4-5-9-17(14)22-15(2)19-18(16-10-13-23-20(16)24-19)21(22)11-6-3-7-12-21/h4-5,8-10,13,15H,3,6-7,11-12H2,1-2H3. The van der Waals surface area contributed by atoms with Crippen molar-refractivity contribution in [3.63, 3.8) is 0 Å². The van der Waals surface area contributed by atoms with E-state index in [9.17, 15) is 0 Å². The van der Waals surface area contributed by atoms with E-state index in [4.69, 9.17) is 0 Å². The Morgan fingerprint density at radius 2 is 1.88 bits per heavy atom. The molecule has 0 radical (unpaired) electrons. The van der Waals surface area contributed by atoms with Crippen molar-refractivity contribution in [3.8, 4) is 0 Å². The summed E-state index contributed by atoms with van der Waals surface area (Å²) in [6.07, 6.45) is 6.72. The van der Waals surface area contributed by atoms with Gasteiger partial charge in [-0.15, -0.1) is 22.7 Å². The van der Waals surface area contributed by atoms with Gasteiger partial charge in [-0.1, -0.05) is 37.5 Å². The van der Waals surface area contributed by atoms with Crippen LogP contribution < -0.4 is 4.90 Å². The number of nitrogens with zero attached hydrogens (tertiary/aromatic N) is 1. The lowest BCUT2D eigenvalue weighted by Gasteiger charge is -2.46. The van der Waals surface area contributed by atoms with Crippen molar-refractivity contribution in [1.29, 1.82) is 0 Å². The molecule has 0 bridgehead atoms. The van der Waals surface area contributed by atoms with Crippen molar-refractivity contribution in [1.82, 2.24) is 0 Å². The van der Waals surface area contributed by atoms with Crippen LogP contribution >= 0.6 is 22.7 Å². The molecule has 0 amide bonds.